The van der Waals surface area contributed by atoms with E-state index >= 15 is 0 Å². The van der Waals surface area contributed by atoms with Gasteiger partial charge in [0, 0.05) is 26.2 Å². The summed E-state index contributed by atoms with van der Waals surface area (Å²) in [5.74, 6) is 1.51. The summed E-state index contributed by atoms with van der Waals surface area (Å²) in [6.45, 7) is 12.5. The molecule has 3 heteroatoms. The maximum absolute atomic E-state index is 5.57. The van der Waals surface area contributed by atoms with Crippen LogP contribution in [0.5, 0.6) is 0 Å². The first-order chi connectivity index (χ1) is 7.95. The van der Waals surface area contributed by atoms with E-state index in [0.717, 1.165) is 31.3 Å². The summed E-state index contributed by atoms with van der Waals surface area (Å²) in [4.78, 5) is 4.86. The predicted molar refractivity (Wildman–Crippen MR) is 77.3 cm³/mol. The lowest BCUT2D eigenvalue weighted by Gasteiger charge is -2.28. The minimum atomic E-state index is 0.749. The van der Waals surface area contributed by atoms with Crippen LogP contribution in [0.25, 0.3) is 0 Å². The molecule has 0 saturated carbocycles. The van der Waals surface area contributed by atoms with Crippen molar-refractivity contribution in [3.63, 3.8) is 0 Å². The molecule has 0 aromatic heterocycles. The van der Waals surface area contributed by atoms with Gasteiger partial charge in [-0.1, -0.05) is 20.8 Å². The van der Waals surface area contributed by atoms with Crippen molar-refractivity contribution < 1.29 is 0 Å². The number of hydrogen-bond acceptors (Lipinski definition) is 3. The largest absolute Gasteiger partial charge is 0.330 e. The third kappa shape index (κ3) is 10.7. The maximum atomic E-state index is 5.57. The van der Waals surface area contributed by atoms with Gasteiger partial charge in [-0.05, 0) is 45.3 Å². The quantitative estimate of drug-likeness (QED) is 0.636. The molecule has 0 aromatic rings. The number of likely N-dealkylation sites (N-methyl/N-ethyl adjacent to an activating group) is 1. The predicted octanol–water partition coefficient (Wildman–Crippen LogP) is 1.88. The summed E-state index contributed by atoms with van der Waals surface area (Å²) < 4.78 is 0. The van der Waals surface area contributed by atoms with E-state index in [1.807, 2.05) is 0 Å². The number of rotatable bonds is 10. The topological polar surface area (TPSA) is 32.5 Å². The lowest BCUT2D eigenvalue weighted by molar-refractivity contribution is 0.190. The van der Waals surface area contributed by atoms with Crippen LogP contribution in [0, 0.1) is 11.8 Å². The Morgan fingerprint density at radius 3 is 2.12 bits per heavy atom. The smallest absolute Gasteiger partial charge is 0.0109 e. The Hall–Kier alpha value is -0.120. The fourth-order valence-electron chi connectivity index (χ4n) is 2.11. The van der Waals surface area contributed by atoms with Gasteiger partial charge in [-0.15, -0.1) is 0 Å². The molecule has 0 aliphatic heterocycles. The zero-order chi connectivity index (χ0) is 13.3. The molecular weight excluding hydrogens is 210 g/mol. The van der Waals surface area contributed by atoms with E-state index in [1.165, 1.54) is 26.1 Å². The van der Waals surface area contributed by atoms with Crippen LogP contribution in [0.15, 0.2) is 0 Å². The Kier molecular flexibility index (Phi) is 9.79. The zero-order valence-electron chi connectivity index (χ0n) is 12.6. The van der Waals surface area contributed by atoms with Crippen LogP contribution in [-0.2, 0) is 0 Å². The summed E-state index contributed by atoms with van der Waals surface area (Å²) in [5, 5.41) is 0. The SMILES string of the molecule is CC(C)CN(CCN(C)C)CC(C)CCCN. The first-order valence-corrected chi connectivity index (χ1v) is 7.02. The van der Waals surface area contributed by atoms with E-state index in [9.17, 15) is 0 Å². The highest BCUT2D eigenvalue weighted by Gasteiger charge is 2.11. The Labute approximate surface area is 108 Å². The summed E-state index contributed by atoms with van der Waals surface area (Å²) in [7, 11) is 4.29. The molecule has 1 atom stereocenters. The van der Waals surface area contributed by atoms with Crippen LogP contribution in [0.4, 0.5) is 0 Å². The molecule has 0 heterocycles. The fraction of sp³-hybridized carbons (Fsp3) is 1.00. The second kappa shape index (κ2) is 9.86. The van der Waals surface area contributed by atoms with Crippen LogP contribution >= 0.6 is 0 Å². The van der Waals surface area contributed by atoms with E-state index in [1.54, 1.807) is 0 Å². The average Bonchev–Trinajstić information content (AvgIpc) is 2.22. The highest BCUT2D eigenvalue weighted by atomic mass is 15.2. The second-order valence-corrected chi connectivity index (χ2v) is 5.99. The summed E-state index contributed by atoms with van der Waals surface area (Å²) in [6.07, 6.45) is 2.41. The van der Waals surface area contributed by atoms with Crippen molar-refractivity contribution >= 4 is 0 Å². The van der Waals surface area contributed by atoms with Gasteiger partial charge in [0.2, 0.25) is 0 Å². The molecule has 2 N–H and O–H groups in total. The van der Waals surface area contributed by atoms with Gasteiger partial charge in [-0.3, -0.25) is 0 Å². The van der Waals surface area contributed by atoms with Gasteiger partial charge >= 0.3 is 0 Å². The number of hydrogen-bond donors (Lipinski definition) is 1. The fourth-order valence-corrected chi connectivity index (χ4v) is 2.11. The Balaban J connectivity index is 3.98. The van der Waals surface area contributed by atoms with Crippen molar-refractivity contribution in [3.05, 3.63) is 0 Å². The van der Waals surface area contributed by atoms with E-state index in [2.05, 4.69) is 44.7 Å². The monoisotopic (exact) mass is 243 g/mol. The van der Waals surface area contributed by atoms with Gasteiger partial charge in [-0.2, -0.15) is 0 Å². The molecule has 104 valence electrons. The minimum absolute atomic E-state index is 0.749. The highest BCUT2D eigenvalue weighted by Crippen LogP contribution is 2.09. The third-order valence-corrected chi connectivity index (χ3v) is 2.96. The van der Waals surface area contributed by atoms with E-state index in [4.69, 9.17) is 5.73 Å². The maximum Gasteiger partial charge on any atom is 0.0109 e. The molecule has 17 heavy (non-hydrogen) atoms. The molecule has 0 spiro atoms. The number of nitrogens with zero attached hydrogens (tertiary/aromatic N) is 2. The van der Waals surface area contributed by atoms with Crippen LogP contribution < -0.4 is 5.73 Å². The van der Waals surface area contributed by atoms with Crippen LogP contribution in [0.2, 0.25) is 0 Å². The highest BCUT2D eigenvalue weighted by molar-refractivity contribution is 4.66. The first-order valence-electron chi connectivity index (χ1n) is 7.02. The van der Waals surface area contributed by atoms with Crippen molar-refractivity contribution in [1.82, 2.24) is 9.80 Å². The van der Waals surface area contributed by atoms with Crippen molar-refractivity contribution in [3.8, 4) is 0 Å². The lowest BCUT2D eigenvalue weighted by Crippen LogP contribution is -2.37. The van der Waals surface area contributed by atoms with E-state index in [0.29, 0.717) is 0 Å². The Bertz CT molecular complexity index is 169. The third-order valence-electron chi connectivity index (χ3n) is 2.96. The molecule has 0 rings (SSSR count). The van der Waals surface area contributed by atoms with Gasteiger partial charge in [0.15, 0.2) is 0 Å². The van der Waals surface area contributed by atoms with E-state index < -0.39 is 0 Å². The van der Waals surface area contributed by atoms with E-state index in [-0.39, 0.29) is 0 Å². The second-order valence-electron chi connectivity index (χ2n) is 5.99. The summed E-state index contributed by atoms with van der Waals surface area (Å²) in [6, 6.07) is 0. The molecule has 1 unspecified atom stereocenters. The van der Waals surface area contributed by atoms with Gasteiger partial charge in [0.25, 0.3) is 0 Å². The summed E-state index contributed by atoms with van der Waals surface area (Å²) >= 11 is 0. The van der Waals surface area contributed by atoms with Crippen LogP contribution in [-0.4, -0.2) is 56.6 Å². The lowest BCUT2D eigenvalue weighted by atomic mass is 10.0. The molecule has 0 radical (unpaired) electrons. The molecule has 0 aliphatic rings. The molecular formula is C14H33N3. The van der Waals surface area contributed by atoms with Crippen LogP contribution in [0.1, 0.15) is 33.6 Å². The molecule has 3 nitrogen and oxygen atoms in total. The van der Waals surface area contributed by atoms with Gasteiger partial charge in [-0.25, -0.2) is 0 Å². The number of nitrogens with two attached hydrogens (primary N) is 1. The van der Waals surface area contributed by atoms with Crippen molar-refractivity contribution in [2.45, 2.75) is 33.6 Å². The molecule has 0 amide bonds. The van der Waals surface area contributed by atoms with Crippen LogP contribution in [0.3, 0.4) is 0 Å². The van der Waals surface area contributed by atoms with Gasteiger partial charge in [0.05, 0.1) is 0 Å². The van der Waals surface area contributed by atoms with Gasteiger partial charge in [0.1, 0.15) is 0 Å². The normalized spacial score (nSPS) is 13.9. The molecule has 0 bridgehead atoms. The van der Waals surface area contributed by atoms with Gasteiger partial charge < -0.3 is 15.5 Å². The average molecular weight is 243 g/mol. The standard InChI is InChI=1S/C14H33N3/c1-13(2)11-17(10-9-16(4)5)12-14(3)7-6-8-15/h13-14H,6-12,15H2,1-5H3. The molecule has 0 aliphatic carbocycles. The molecule has 0 aromatic carbocycles. The molecule has 0 saturated heterocycles. The van der Waals surface area contributed by atoms with Crippen molar-refractivity contribution in [1.29, 1.82) is 0 Å². The van der Waals surface area contributed by atoms with Crippen molar-refractivity contribution in [2.75, 3.05) is 46.8 Å². The minimum Gasteiger partial charge on any atom is -0.330 e. The summed E-state index contributed by atoms with van der Waals surface area (Å²) in [5.41, 5.74) is 5.57. The van der Waals surface area contributed by atoms with Crippen molar-refractivity contribution in [2.24, 2.45) is 17.6 Å². The Morgan fingerprint density at radius 2 is 1.65 bits per heavy atom. The zero-order valence-corrected chi connectivity index (χ0v) is 12.6. The Morgan fingerprint density at radius 1 is 1.00 bits per heavy atom. The molecule has 0 fully saturated rings. The first kappa shape index (κ1) is 16.9.